The van der Waals surface area contributed by atoms with Crippen LogP contribution in [0.15, 0.2) is 4.52 Å². The van der Waals surface area contributed by atoms with Gasteiger partial charge in [-0.1, -0.05) is 5.16 Å². The Bertz CT molecular complexity index is 703. The van der Waals surface area contributed by atoms with Crippen LogP contribution in [-0.4, -0.2) is 59.7 Å². The van der Waals surface area contributed by atoms with E-state index in [1.165, 1.54) is 0 Å². The van der Waals surface area contributed by atoms with Crippen LogP contribution >= 0.6 is 0 Å². The van der Waals surface area contributed by atoms with Crippen LogP contribution < -0.4 is 10.6 Å². The van der Waals surface area contributed by atoms with Crippen LogP contribution in [0.25, 0.3) is 0 Å². The smallest absolute Gasteiger partial charge is 0.407 e. The molecule has 1 fully saturated rings. The Balaban J connectivity index is 1.79. The van der Waals surface area contributed by atoms with E-state index in [-0.39, 0.29) is 24.3 Å². The summed E-state index contributed by atoms with van der Waals surface area (Å²) in [5, 5.41) is 9.23. The number of aromatic nitrogens is 1. The molecule has 0 aromatic carbocycles. The van der Waals surface area contributed by atoms with Gasteiger partial charge in [0.15, 0.2) is 0 Å². The van der Waals surface area contributed by atoms with Gasteiger partial charge in [-0.25, -0.2) is 4.79 Å². The molecule has 0 spiro atoms. The van der Waals surface area contributed by atoms with Gasteiger partial charge in [0, 0.05) is 26.2 Å². The minimum absolute atomic E-state index is 0.123. The molecule has 1 unspecified atom stereocenters. The second-order valence-corrected chi connectivity index (χ2v) is 8.01. The van der Waals surface area contributed by atoms with E-state index in [1.807, 2.05) is 0 Å². The fourth-order valence-corrected chi connectivity index (χ4v) is 3.13. The zero-order valence-corrected chi connectivity index (χ0v) is 17.3. The summed E-state index contributed by atoms with van der Waals surface area (Å²) in [5.41, 5.74) is 0.469. The number of ether oxygens (including phenoxy) is 1. The van der Waals surface area contributed by atoms with E-state index in [2.05, 4.69) is 15.8 Å². The Kier molecular flexibility index (Phi) is 7.04. The van der Waals surface area contributed by atoms with Crippen molar-refractivity contribution in [3.05, 3.63) is 17.0 Å². The summed E-state index contributed by atoms with van der Waals surface area (Å²) >= 11 is 0. The van der Waals surface area contributed by atoms with Crippen LogP contribution in [0.5, 0.6) is 0 Å². The number of piperidine rings is 1. The predicted octanol–water partition coefficient (Wildman–Crippen LogP) is 1.78. The minimum atomic E-state index is -0.563. The summed E-state index contributed by atoms with van der Waals surface area (Å²) in [6, 6.07) is 0. The first-order valence-electron chi connectivity index (χ1n) is 9.55. The number of carbonyl (C=O) groups excluding carboxylic acids is 3. The summed E-state index contributed by atoms with van der Waals surface area (Å²) < 4.78 is 10.2. The van der Waals surface area contributed by atoms with Gasteiger partial charge >= 0.3 is 6.09 Å². The number of likely N-dealkylation sites (tertiary alicyclic amines) is 1. The van der Waals surface area contributed by atoms with Crippen LogP contribution in [0.2, 0.25) is 0 Å². The largest absolute Gasteiger partial charge is 0.444 e. The van der Waals surface area contributed by atoms with Crippen LogP contribution in [0, 0.1) is 19.8 Å². The van der Waals surface area contributed by atoms with E-state index in [9.17, 15) is 14.4 Å². The number of carbonyl (C=O) groups is 3. The third-order valence-electron chi connectivity index (χ3n) is 4.42. The number of hydrogen-bond donors (Lipinski definition) is 2. The van der Waals surface area contributed by atoms with Gasteiger partial charge < -0.3 is 24.8 Å². The molecule has 3 amide bonds. The molecule has 0 aliphatic carbocycles. The van der Waals surface area contributed by atoms with E-state index in [0.29, 0.717) is 36.7 Å². The van der Waals surface area contributed by atoms with Crippen LogP contribution in [-0.2, 0) is 9.53 Å². The predicted molar refractivity (Wildman–Crippen MR) is 102 cm³/mol. The normalized spacial score (nSPS) is 17.2. The highest BCUT2D eigenvalue weighted by atomic mass is 16.6. The van der Waals surface area contributed by atoms with Gasteiger partial charge in [-0.2, -0.15) is 0 Å². The lowest BCUT2D eigenvalue weighted by Crippen LogP contribution is -2.46. The molecule has 1 atom stereocenters. The second kappa shape index (κ2) is 9.07. The zero-order chi connectivity index (χ0) is 20.9. The fourth-order valence-electron chi connectivity index (χ4n) is 3.13. The van der Waals surface area contributed by atoms with E-state index >= 15 is 0 Å². The van der Waals surface area contributed by atoms with Crippen molar-refractivity contribution < 1.29 is 23.6 Å². The maximum Gasteiger partial charge on any atom is 0.407 e. The van der Waals surface area contributed by atoms with E-state index < -0.39 is 11.7 Å². The second-order valence-electron chi connectivity index (χ2n) is 8.01. The first-order valence-corrected chi connectivity index (χ1v) is 9.55. The molecular weight excluding hydrogens is 364 g/mol. The molecule has 156 valence electrons. The molecule has 1 aliphatic heterocycles. The Morgan fingerprint density at radius 3 is 2.50 bits per heavy atom. The highest BCUT2D eigenvalue weighted by molar-refractivity contribution is 5.96. The van der Waals surface area contributed by atoms with Gasteiger partial charge in [0.05, 0.1) is 11.6 Å². The van der Waals surface area contributed by atoms with Crippen LogP contribution in [0.1, 0.15) is 55.4 Å². The molecule has 2 N–H and O–H groups in total. The molecule has 1 aromatic rings. The molecule has 9 heteroatoms. The van der Waals surface area contributed by atoms with Gasteiger partial charge in [0.1, 0.15) is 16.9 Å². The summed E-state index contributed by atoms with van der Waals surface area (Å²) in [5.74, 6) is -0.0652. The molecule has 0 saturated carbocycles. The molecule has 9 nitrogen and oxygen atoms in total. The summed E-state index contributed by atoms with van der Waals surface area (Å²) in [6.07, 6.45) is 0.954. The first-order chi connectivity index (χ1) is 13.1. The van der Waals surface area contributed by atoms with Gasteiger partial charge in [-0.15, -0.1) is 0 Å². The van der Waals surface area contributed by atoms with Gasteiger partial charge in [0.25, 0.3) is 5.91 Å². The molecule has 2 heterocycles. The molecule has 2 rings (SSSR count). The summed E-state index contributed by atoms with van der Waals surface area (Å²) in [4.78, 5) is 38.5. The Morgan fingerprint density at radius 1 is 1.21 bits per heavy atom. The number of alkyl carbamates (subject to hydrolysis) is 1. The van der Waals surface area contributed by atoms with Crippen LogP contribution in [0.3, 0.4) is 0 Å². The first kappa shape index (κ1) is 21.7. The third kappa shape index (κ3) is 5.97. The quantitative estimate of drug-likeness (QED) is 0.736. The fraction of sp³-hybridized carbons (Fsp3) is 0.684. The zero-order valence-electron chi connectivity index (χ0n) is 17.3. The van der Waals surface area contributed by atoms with Gasteiger partial charge in [-0.3, -0.25) is 9.59 Å². The maximum atomic E-state index is 12.8. The molecule has 28 heavy (non-hydrogen) atoms. The van der Waals surface area contributed by atoms with Crippen LogP contribution in [0.4, 0.5) is 4.79 Å². The third-order valence-corrected chi connectivity index (χ3v) is 4.42. The number of amides is 3. The lowest BCUT2D eigenvalue weighted by Gasteiger charge is -2.32. The molecule has 0 bridgehead atoms. The molecular formula is C19H30N4O5. The molecule has 1 aromatic heterocycles. The van der Waals surface area contributed by atoms with E-state index in [4.69, 9.17) is 9.26 Å². The van der Waals surface area contributed by atoms with Gasteiger partial charge in [0.2, 0.25) is 5.91 Å². The monoisotopic (exact) mass is 394 g/mol. The average molecular weight is 394 g/mol. The SMILES string of the molecule is Cc1noc(C)c1C(=O)N1CCCC(C(=O)NCCNC(=O)OC(C)(C)C)C1. The average Bonchev–Trinajstić information content (AvgIpc) is 2.95. The number of nitrogens with one attached hydrogen (secondary N) is 2. The number of hydrogen-bond acceptors (Lipinski definition) is 6. The Morgan fingerprint density at radius 2 is 1.89 bits per heavy atom. The lowest BCUT2D eigenvalue weighted by atomic mass is 9.96. The molecule has 1 saturated heterocycles. The van der Waals surface area contributed by atoms with Crippen molar-refractivity contribution in [3.8, 4) is 0 Å². The number of nitrogens with zero attached hydrogens (tertiary/aromatic N) is 2. The van der Waals surface area contributed by atoms with Crippen molar-refractivity contribution in [2.75, 3.05) is 26.2 Å². The van der Waals surface area contributed by atoms with Crippen molar-refractivity contribution in [2.45, 2.75) is 53.1 Å². The Hall–Kier alpha value is -2.58. The molecule has 1 aliphatic rings. The summed E-state index contributed by atoms with van der Waals surface area (Å²) in [6.45, 7) is 10.3. The van der Waals surface area contributed by atoms with Crippen molar-refractivity contribution in [3.63, 3.8) is 0 Å². The maximum absolute atomic E-state index is 12.8. The number of aryl methyl sites for hydroxylation is 2. The molecule has 0 radical (unpaired) electrons. The highest BCUT2D eigenvalue weighted by Crippen LogP contribution is 2.21. The van der Waals surface area contributed by atoms with E-state index in [0.717, 1.165) is 12.8 Å². The Labute approximate surface area is 165 Å². The topological polar surface area (TPSA) is 114 Å². The minimum Gasteiger partial charge on any atom is -0.444 e. The van der Waals surface area contributed by atoms with Crippen molar-refractivity contribution >= 4 is 17.9 Å². The van der Waals surface area contributed by atoms with E-state index in [1.54, 1.807) is 39.5 Å². The highest BCUT2D eigenvalue weighted by Gasteiger charge is 2.31. The lowest BCUT2D eigenvalue weighted by molar-refractivity contribution is -0.126. The standard InChI is InChI=1S/C19H30N4O5/c1-12-15(13(2)28-22-12)17(25)23-10-6-7-14(11-23)16(24)20-8-9-21-18(26)27-19(3,4)5/h14H,6-11H2,1-5H3,(H,20,24)(H,21,26). The van der Waals surface area contributed by atoms with Crippen molar-refractivity contribution in [1.82, 2.24) is 20.7 Å². The van der Waals surface area contributed by atoms with Crippen molar-refractivity contribution in [2.24, 2.45) is 5.92 Å². The van der Waals surface area contributed by atoms with Crippen molar-refractivity contribution in [1.29, 1.82) is 0 Å². The number of rotatable bonds is 5. The summed E-state index contributed by atoms with van der Waals surface area (Å²) in [7, 11) is 0. The van der Waals surface area contributed by atoms with Gasteiger partial charge in [-0.05, 0) is 47.5 Å².